The molecule has 0 saturated carbocycles. The highest BCUT2D eigenvalue weighted by molar-refractivity contribution is 5.94. The van der Waals surface area contributed by atoms with Crippen molar-refractivity contribution in [2.45, 2.75) is 25.3 Å². The maximum absolute atomic E-state index is 13.0. The Morgan fingerprint density at radius 1 is 0.966 bits per heavy atom. The molecule has 1 aromatic heterocycles. The van der Waals surface area contributed by atoms with Gasteiger partial charge in [0.2, 0.25) is 0 Å². The van der Waals surface area contributed by atoms with E-state index in [1.807, 2.05) is 55.6 Å². The molecule has 148 valence electrons. The van der Waals surface area contributed by atoms with E-state index in [1.165, 1.54) is 0 Å². The monoisotopic (exact) mass is 387 g/mol. The number of carbonyl (C=O) groups excluding carboxylic acids is 2. The van der Waals surface area contributed by atoms with E-state index in [9.17, 15) is 9.59 Å². The first-order valence-corrected chi connectivity index (χ1v) is 9.66. The standard InChI is InChI=1S/C24H25N3O2/c1-27(24(29)19-11-6-3-7-12-19)20(17-18-9-4-2-5-10-18)14-15-22-21(23(25)28)13-8-16-26-22/h2-13,16,20H,14-15,17H2,1H3,(H2,25,28)/t20-/m0/s1. The Bertz CT molecular complexity index is 958. The van der Waals surface area contributed by atoms with E-state index in [0.29, 0.717) is 36.1 Å². The second-order valence-electron chi connectivity index (χ2n) is 7.03. The third kappa shape index (κ3) is 5.29. The fourth-order valence-electron chi connectivity index (χ4n) is 3.43. The summed E-state index contributed by atoms with van der Waals surface area (Å²) in [5.74, 6) is -0.510. The van der Waals surface area contributed by atoms with Gasteiger partial charge in [0.25, 0.3) is 11.8 Å². The molecule has 0 aliphatic heterocycles. The zero-order valence-corrected chi connectivity index (χ0v) is 16.5. The highest BCUT2D eigenvalue weighted by Gasteiger charge is 2.22. The molecule has 0 radical (unpaired) electrons. The van der Waals surface area contributed by atoms with Crippen molar-refractivity contribution in [1.29, 1.82) is 0 Å². The van der Waals surface area contributed by atoms with E-state index in [1.54, 1.807) is 23.2 Å². The van der Waals surface area contributed by atoms with Gasteiger partial charge in [0, 0.05) is 24.8 Å². The predicted molar refractivity (Wildman–Crippen MR) is 114 cm³/mol. The number of hydrogen-bond acceptors (Lipinski definition) is 3. The van der Waals surface area contributed by atoms with Gasteiger partial charge in [-0.05, 0) is 49.1 Å². The van der Waals surface area contributed by atoms with Gasteiger partial charge in [0.15, 0.2) is 0 Å². The summed E-state index contributed by atoms with van der Waals surface area (Å²) in [6.07, 6.45) is 3.60. The molecular weight excluding hydrogens is 362 g/mol. The molecule has 0 aliphatic rings. The van der Waals surface area contributed by atoms with E-state index in [2.05, 4.69) is 17.1 Å². The van der Waals surface area contributed by atoms with Crippen LogP contribution in [0, 0.1) is 0 Å². The Labute approximate surface area is 171 Å². The number of pyridine rings is 1. The molecule has 1 heterocycles. The van der Waals surface area contributed by atoms with Crippen molar-refractivity contribution >= 4 is 11.8 Å². The number of amides is 2. The minimum absolute atomic E-state index is 0.0253. The second-order valence-corrected chi connectivity index (χ2v) is 7.03. The number of aromatic nitrogens is 1. The Balaban J connectivity index is 1.81. The summed E-state index contributed by atoms with van der Waals surface area (Å²) in [5, 5.41) is 0. The summed E-state index contributed by atoms with van der Waals surface area (Å²) in [6, 6.07) is 22.7. The van der Waals surface area contributed by atoms with Crippen molar-refractivity contribution in [3.8, 4) is 0 Å². The fourth-order valence-corrected chi connectivity index (χ4v) is 3.43. The van der Waals surface area contributed by atoms with Gasteiger partial charge in [0.05, 0.1) is 11.3 Å². The minimum atomic E-state index is -0.485. The molecule has 0 unspecified atom stereocenters. The first kappa shape index (κ1) is 20.3. The van der Waals surface area contributed by atoms with E-state index in [0.717, 1.165) is 5.56 Å². The van der Waals surface area contributed by atoms with E-state index < -0.39 is 5.91 Å². The number of likely N-dealkylation sites (N-methyl/N-ethyl adjacent to an activating group) is 1. The van der Waals surface area contributed by atoms with Crippen molar-refractivity contribution in [2.24, 2.45) is 5.73 Å². The molecule has 1 atom stereocenters. The summed E-state index contributed by atoms with van der Waals surface area (Å²) in [5.41, 5.74) is 8.39. The molecule has 2 N–H and O–H groups in total. The SMILES string of the molecule is CN(C(=O)c1ccccc1)[C@@H](CCc1ncccc1C(N)=O)Cc1ccccc1. The van der Waals surface area contributed by atoms with Crippen LogP contribution in [0.25, 0.3) is 0 Å². The van der Waals surface area contributed by atoms with Crippen LogP contribution in [-0.2, 0) is 12.8 Å². The molecule has 3 rings (SSSR count). The van der Waals surface area contributed by atoms with Gasteiger partial charge in [-0.3, -0.25) is 14.6 Å². The maximum atomic E-state index is 13.0. The number of primary amides is 1. The van der Waals surface area contributed by atoms with Crippen LogP contribution in [0.15, 0.2) is 79.0 Å². The zero-order valence-electron chi connectivity index (χ0n) is 16.5. The molecule has 0 saturated heterocycles. The summed E-state index contributed by atoms with van der Waals surface area (Å²) >= 11 is 0. The first-order valence-electron chi connectivity index (χ1n) is 9.66. The highest BCUT2D eigenvalue weighted by Crippen LogP contribution is 2.18. The molecule has 2 amide bonds. The topological polar surface area (TPSA) is 76.3 Å². The first-order chi connectivity index (χ1) is 14.1. The number of benzene rings is 2. The summed E-state index contributed by atoms with van der Waals surface area (Å²) in [6.45, 7) is 0. The van der Waals surface area contributed by atoms with E-state index in [4.69, 9.17) is 5.73 Å². The third-order valence-corrected chi connectivity index (χ3v) is 5.07. The van der Waals surface area contributed by atoms with Crippen molar-refractivity contribution in [2.75, 3.05) is 7.05 Å². The Kier molecular flexibility index (Phi) is 6.74. The smallest absolute Gasteiger partial charge is 0.253 e. The van der Waals surface area contributed by atoms with Crippen LogP contribution in [0.1, 0.15) is 38.4 Å². The van der Waals surface area contributed by atoms with Crippen LogP contribution >= 0.6 is 0 Å². The summed E-state index contributed by atoms with van der Waals surface area (Å²) in [4.78, 5) is 30.8. The molecule has 0 fully saturated rings. The number of hydrogen-bond donors (Lipinski definition) is 1. The molecule has 2 aromatic carbocycles. The molecule has 0 spiro atoms. The third-order valence-electron chi connectivity index (χ3n) is 5.07. The lowest BCUT2D eigenvalue weighted by Gasteiger charge is -2.29. The number of nitrogens with zero attached hydrogens (tertiary/aromatic N) is 2. The number of rotatable bonds is 8. The van der Waals surface area contributed by atoms with Crippen LogP contribution in [0.2, 0.25) is 0 Å². The van der Waals surface area contributed by atoms with Crippen molar-refractivity contribution in [1.82, 2.24) is 9.88 Å². The van der Waals surface area contributed by atoms with E-state index >= 15 is 0 Å². The molecule has 5 heteroatoms. The second kappa shape index (κ2) is 9.64. The zero-order chi connectivity index (χ0) is 20.6. The quantitative estimate of drug-likeness (QED) is 0.643. The van der Waals surface area contributed by atoms with Gasteiger partial charge in [-0.1, -0.05) is 48.5 Å². The molecule has 29 heavy (non-hydrogen) atoms. The molecule has 3 aromatic rings. The van der Waals surface area contributed by atoms with Crippen molar-refractivity contribution in [3.63, 3.8) is 0 Å². The highest BCUT2D eigenvalue weighted by atomic mass is 16.2. The summed E-state index contributed by atoms with van der Waals surface area (Å²) in [7, 11) is 1.83. The lowest BCUT2D eigenvalue weighted by atomic mass is 9.97. The average Bonchev–Trinajstić information content (AvgIpc) is 2.77. The van der Waals surface area contributed by atoms with Crippen LogP contribution in [0.3, 0.4) is 0 Å². The van der Waals surface area contributed by atoms with Gasteiger partial charge in [0.1, 0.15) is 0 Å². The Hall–Kier alpha value is -3.47. The minimum Gasteiger partial charge on any atom is -0.366 e. The normalized spacial score (nSPS) is 11.6. The Morgan fingerprint density at radius 2 is 1.62 bits per heavy atom. The lowest BCUT2D eigenvalue weighted by molar-refractivity contribution is 0.0722. The van der Waals surface area contributed by atoms with Crippen LogP contribution in [0.5, 0.6) is 0 Å². The van der Waals surface area contributed by atoms with E-state index in [-0.39, 0.29) is 11.9 Å². The molecular formula is C24H25N3O2. The van der Waals surface area contributed by atoms with Crippen molar-refractivity contribution in [3.05, 3.63) is 101 Å². The lowest BCUT2D eigenvalue weighted by Crippen LogP contribution is -2.39. The number of nitrogens with two attached hydrogens (primary N) is 1. The van der Waals surface area contributed by atoms with Crippen LogP contribution in [-0.4, -0.2) is 34.8 Å². The largest absolute Gasteiger partial charge is 0.366 e. The van der Waals surface area contributed by atoms with Gasteiger partial charge >= 0.3 is 0 Å². The predicted octanol–water partition coefficient (Wildman–Crippen LogP) is 3.50. The molecule has 0 aliphatic carbocycles. The van der Waals surface area contributed by atoms with Crippen molar-refractivity contribution < 1.29 is 9.59 Å². The summed E-state index contributed by atoms with van der Waals surface area (Å²) < 4.78 is 0. The van der Waals surface area contributed by atoms with Gasteiger partial charge in [-0.2, -0.15) is 0 Å². The average molecular weight is 387 g/mol. The fraction of sp³-hybridized carbons (Fsp3) is 0.208. The van der Waals surface area contributed by atoms with Gasteiger partial charge in [-0.15, -0.1) is 0 Å². The van der Waals surface area contributed by atoms with Gasteiger partial charge < -0.3 is 10.6 Å². The molecule has 0 bridgehead atoms. The number of carbonyl (C=O) groups is 2. The van der Waals surface area contributed by atoms with Gasteiger partial charge in [-0.25, -0.2) is 0 Å². The number of aryl methyl sites for hydroxylation is 1. The van der Waals surface area contributed by atoms with Crippen LogP contribution in [0.4, 0.5) is 0 Å². The Morgan fingerprint density at radius 3 is 2.28 bits per heavy atom. The maximum Gasteiger partial charge on any atom is 0.253 e. The van der Waals surface area contributed by atoms with Crippen LogP contribution < -0.4 is 5.73 Å². The molecule has 5 nitrogen and oxygen atoms in total.